The molecule has 0 bridgehead atoms. The molecule has 0 radical (unpaired) electrons. The van der Waals surface area contributed by atoms with Crippen molar-refractivity contribution in [2.75, 3.05) is 7.11 Å². The van der Waals surface area contributed by atoms with Gasteiger partial charge in [-0.25, -0.2) is 4.79 Å². The smallest absolute Gasteiger partial charge is 0.327 e. The van der Waals surface area contributed by atoms with Gasteiger partial charge < -0.3 is 14.7 Å². The van der Waals surface area contributed by atoms with Crippen molar-refractivity contribution in [1.29, 1.82) is 0 Å². The van der Waals surface area contributed by atoms with E-state index in [4.69, 9.17) is 4.74 Å². The van der Waals surface area contributed by atoms with E-state index in [1.807, 2.05) is 38.1 Å². The highest BCUT2D eigenvalue weighted by molar-refractivity contribution is 8.01. The number of nitrogens with zero attached hydrogens (tertiary/aromatic N) is 2. The number of thioether (sulfide) groups is 1. The quantitative estimate of drug-likeness (QED) is 0.669. The zero-order chi connectivity index (χ0) is 16.8. The van der Waals surface area contributed by atoms with Crippen molar-refractivity contribution in [2.24, 2.45) is 4.99 Å². The Morgan fingerprint density at radius 2 is 2.04 bits per heavy atom. The van der Waals surface area contributed by atoms with Gasteiger partial charge in [0.1, 0.15) is 17.2 Å². The maximum Gasteiger partial charge on any atom is 0.327 e. The number of aliphatic carboxylic acids is 1. The Hall–Kier alpha value is -2.02. The van der Waals surface area contributed by atoms with E-state index in [1.165, 1.54) is 16.7 Å². The number of fused-ring (bicyclic) bond motifs is 1. The molecule has 0 aliphatic carbocycles. The molecule has 1 amide bonds. The van der Waals surface area contributed by atoms with Gasteiger partial charge in [0.2, 0.25) is 0 Å². The summed E-state index contributed by atoms with van der Waals surface area (Å²) in [5, 5.41) is 9.17. The summed E-state index contributed by atoms with van der Waals surface area (Å²) in [6.45, 7) is 3.71. The van der Waals surface area contributed by atoms with E-state index in [0.717, 1.165) is 11.3 Å². The summed E-state index contributed by atoms with van der Waals surface area (Å²) in [7, 11) is 1.60. The molecule has 0 aromatic heterocycles. The number of rotatable bonds is 4. The van der Waals surface area contributed by atoms with Gasteiger partial charge in [0, 0.05) is 11.0 Å². The molecule has 1 N–H and O–H groups in total. The van der Waals surface area contributed by atoms with Gasteiger partial charge in [-0.15, -0.1) is 11.8 Å². The lowest BCUT2D eigenvalue weighted by molar-refractivity contribution is -0.158. The van der Waals surface area contributed by atoms with Crippen LogP contribution in [0.4, 0.5) is 0 Å². The summed E-state index contributed by atoms with van der Waals surface area (Å²) < 4.78 is 4.58. The van der Waals surface area contributed by atoms with Gasteiger partial charge in [-0.2, -0.15) is 0 Å². The van der Waals surface area contributed by atoms with E-state index in [2.05, 4.69) is 4.99 Å². The normalized spacial score (nSPS) is 28.6. The fourth-order valence-corrected chi connectivity index (χ4v) is 4.61. The minimum Gasteiger partial charge on any atom is -0.497 e. The number of aliphatic imine (C=N–C) groups is 1. The molecular weight excluding hydrogens is 316 g/mol. The van der Waals surface area contributed by atoms with Gasteiger partial charge in [-0.05, 0) is 43.7 Å². The Balaban J connectivity index is 1.75. The lowest BCUT2D eigenvalue weighted by Gasteiger charge is -2.41. The van der Waals surface area contributed by atoms with Crippen LogP contribution in [0.1, 0.15) is 19.4 Å². The highest BCUT2D eigenvalue weighted by Gasteiger charge is 2.63. The number of carbonyl (C=O) groups excluding carboxylic acids is 1. The fraction of sp³-hybridized carbons (Fsp3) is 0.438. The third-order valence-corrected chi connectivity index (χ3v) is 5.70. The van der Waals surface area contributed by atoms with Crippen molar-refractivity contribution in [3.63, 3.8) is 0 Å². The maximum absolute atomic E-state index is 12.3. The Kier molecular flexibility index (Phi) is 3.83. The number of amides is 1. The van der Waals surface area contributed by atoms with E-state index < -0.39 is 22.8 Å². The standard InChI is InChI=1S/C16H18N2O4S/c1-16(2)12(15(20)21)18-13(19)11(14(18)23-16)17-8-9-4-6-10(22-3)7-5-9/h4-8,11-12,14H,1-3H3,(H,20,21)/t11-,12+,14-/m1/s1. The molecule has 3 rings (SSSR count). The summed E-state index contributed by atoms with van der Waals surface area (Å²) in [5.41, 5.74) is 0.870. The monoisotopic (exact) mass is 334 g/mol. The van der Waals surface area contributed by atoms with Crippen molar-refractivity contribution < 1.29 is 19.4 Å². The Labute approximate surface area is 138 Å². The number of benzene rings is 1. The van der Waals surface area contributed by atoms with Crippen LogP contribution in [0.2, 0.25) is 0 Å². The lowest BCUT2D eigenvalue weighted by Crippen LogP contribution is -2.64. The van der Waals surface area contributed by atoms with Crippen LogP contribution < -0.4 is 4.74 Å². The van der Waals surface area contributed by atoms with Crippen LogP contribution in [0.3, 0.4) is 0 Å². The van der Waals surface area contributed by atoms with Crippen LogP contribution in [-0.2, 0) is 9.59 Å². The van der Waals surface area contributed by atoms with Crippen LogP contribution in [-0.4, -0.2) is 57.4 Å². The largest absolute Gasteiger partial charge is 0.497 e. The van der Waals surface area contributed by atoms with Crippen molar-refractivity contribution in [2.45, 2.75) is 36.1 Å². The van der Waals surface area contributed by atoms with Crippen LogP contribution in [0.5, 0.6) is 5.75 Å². The SMILES string of the molecule is COc1ccc(C=N[C@@H]2C(=O)N3[C@@H]2SC(C)(C)[C@@H]3C(=O)O)cc1. The number of ether oxygens (including phenoxy) is 1. The van der Waals surface area contributed by atoms with Gasteiger partial charge in [-0.3, -0.25) is 9.79 Å². The van der Waals surface area contributed by atoms with E-state index in [9.17, 15) is 14.7 Å². The molecule has 122 valence electrons. The Morgan fingerprint density at radius 1 is 1.39 bits per heavy atom. The Morgan fingerprint density at radius 3 is 2.61 bits per heavy atom. The van der Waals surface area contributed by atoms with Gasteiger partial charge in [0.05, 0.1) is 7.11 Å². The van der Waals surface area contributed by atoms with E-state index in [0.29, 0.717) is 0 Å². The highest BCUT2D eigenvalue weighted by atomic mass is 32.2. The van der Waals surface area contributed by atoms with E-state index in [-0.39, 0.29) is 11.3 Å². The van der Waals surface area contributed by atoms with Crippen LogP contribution >= 0.6 is 11.8 Å². The van der Waals surface area contributed by atoms with Gasteiger partial charge >= 0.3 is 5.97 Å². The van der Waals surface area contributed by atoms with Crippen LogP contribution in [0.15, 0.2) is 29.3 Å². The second-order valence-corrected chi connectivity index (χ2v) is 7.87. The average Bonchev–Trinajstić information content (AvgIpc) is 2.76. The van der Waals surface area contributed by atoms with Gasteiger partial charge in [-0.1, -0.05) is 0 Å². The summed E-state index contributed by atoms with van der Waals surface area (Å²) in [5.74, 6) is -0.424. The molecule has 2 heterocycles. The lowest BCUT2D eigenvalue weighted by atomic mass is 9.96. The molecule has 1 aromatic carbocycles. The Bertz CT molecular complexity index is 671. The topological polar surface area (TPSA) is 79.2 Å². The predicted molar refractivity (Wildman–Crippen MR) is 88.1 cm³/mol. The minimum atomic E-state index is -0.962. The third-order valence-electron chi connectivity index (χ3n) is 4.15. The third kappa shape index (κ3) is 2.59. The summed E-state index contributed by atoms with van der Waals surface area (Å²) in [4.78, 5) is 29.5. The molecule has 2 fully saturated rings. The molecule has 2 aliphatic rings. The number of hydrogen-bond acceptors (Lipinski definition) is 5. The van der Waals surface area contributed by atoms with Crippen molar-refractivity contribution in [1.82, 2.24) is 4.90 Å². The molecule has 0 unspecified atom stereocenters. The van der Waals surface area contributed by atoms with Crippen molar-refractivity contribution >= 4 is 29.9 Å². The molecular formula is C16H18N2O4S. The first-order valence-electron chi connectivity index (χ1n) is 7.25. The first kappa shape index (κ1) is 15.9. The highest BCUT2D eigenvalue weighted by Crippen LogP contribution is 2.51. The molecule has 23 heavy (non-hydrogen) atoms. The molecule has 2 aliphatic heterocycles. The van der Waals surface area contributed by atoms with Crippen molar-refractivity contribution in [3.8, 4) is 5.75 Å². The number of carboxylic acids is 1. The summed E-state index contributed by atoms with van der Waals surface area (Å²) in [6.07, 6.45) is 1.65. The number of methoxy groups -OCH3 is 1. The number of carboxylic acid groups (broad SMARTS) is 1. The van der Waals surface area contributed by atoms with Crippen molar-refractivity contribution in [3.05, 3.63) is 29.8 Å². The molecule has 0 spiro atoms. The van der Waals surface area contributed by atoms with E-state index >= 15 is 0 Å². The zero-order valence-electron chi connectivity index (χ0n) is 13.1. The first-order chi connectivity index (χ1) is 10.8. The summed E-state index contributed by atoms with van der Waals surface area (Å²) in [6, 6.07) is 6.06. The van der Waals surface area contributed by atoms with Gasteiger partial charge in [0.15, 0.2) is 6.04 Å². The summed E-state index contributed by atoms with van der Waals surface area (Å²) >= 11 is 1.50. The fourth-order valence-electron chi connectivity index (χ4n) is 2.99. The van der Waals surface area contributed by atoms with Crippen LogP contribution in [0.25, 0.3) is 0 Å². The molecule has 7 heteroatoms. The molecule has 0 saturated carbocycles. The zero-order valence-corrected chi connectivity index (χ0v) is 13.9. The number of β-lactam (4-membered cyclic amide) rings is 1. The maximum atomic E-state index is 12.3. The minimum absolute atomic E-state index is 0.201. The second kappa shape index (κ2) is 5.56. The number of hydrogen-bond donors (Lipinski definition) is 1. The molecule has 3 atom stereocenters. The first-order valence-corrected chi connectivity index (χ1v) is 8.13. The molecule has 6 nitrogen and oxygen atoms in total. The average molecular weight is 334 g/mol. The van der Waals surface area contributed by atoms with E-state index in [1.54, 1.807) is 13.3 Å². The molecule has 1 aromatic rings. The van der Waals surface area contributed by atoms with Crippen LogP contribution in [0, 0.1) is 0 Å². The number of carbonyl (C=O) groups is 2. The molecule has 2 saturated heterocycles. The second-order valence-electron chi connectivity index (χ2n) is 6.09. The van der Waals surface area contributed by atoms with Gasteiger partial charge in [0.25, 0.3) is 5.91 Å². The predicted octanol–water partition coefficient (Wildman–Crippen LogP) is 1.63.